The van der Waals surface area contributed by atoms with Crippen molar-refractivity contribution >= 4 is 23.1 Å². The number of amides is 1. The maximum atomic E-state index is 12.8. The molecule has 0 unspecified atom stereocenters. The van der Waals surface area contributed by atoms with Crippen LogP contribution in [-0.2, 0) is 13.1 Å². The molecule has 1 N–H and O–H groups in total. The van der Waals surface area contributed by atoms with Crippen LogP contribution in [-0.4, -0.2) is 27.9 Å². The third-order valence-electron chi connectivity index (χ3n) is 5.35. The van der Waals surface area contributed by atoms with E-state index in [0.29, 0.717) is 27.8 Å². The number of carbonyl (C=O) groups excluding carboxylic acids is 1. The van der Waals surface area contributed by atoms with Crippen molar-refractivity contribution in [2.45, 2.75) is 33.9 Å². The van der Waals surface area contributed by atoms with E-state index < -0.39 is 0 Å². The van der Waals surface area contributed by atoms with Gasteiger partial charge in [0.1, 0.15) is 21.4 Å². The second-order valence-electron chi connectivity index (χ2n) is 8.21. The first-order valence-electron chi connectivity index (χ1n) is 10.8. The van der Waals surface area contributed by atoms with Gasteiger partial charge in [0.05, 0.1) is 18.1 Å². The van der Waals surface area contributed by atoms with Crippen LogP contribution >= 0.6 is 11.3 Å². The van der Waals surface area contributed by atoms with Gasteiger partial charge < -0.3 is 10.2 Å². The van der Waals surface area contributed by atoms with Crippen LogP contribution in [0.15, 0.2) is 60.9 Å². The second-order valence-corrected chi connectivity index (χ2v) is 9.21. The SMILES string of the molecule is Cc1ccc(CNC(=O)c2sc(-c3cncc(N(C)Cc4ccc(C)cc4)n3)nc2C)cc1. The first kappa shape index (κ1) is 22.6. The van der Waals surface area contributed by atoms with E-state index in [0.717, 1.165) is 17.9 Å². The molecule has 0 saturated carbocycles. The standard InChI is InChI=1S/C26H27N5OS/c1-17-5-9-20(10-6-17)13-28-25(32)24-19(3)29-26(33-24)22-14-27-15-23(30-22)31(4)16-21-11-7-18(2)8-12-21/h5-12,14-15H,13,16H2,1-4H3,(H,28,32). The molecule has 0 aliphatic rings. The number of anilines is 1. The molecule has 33 heavy (non-hydrogen) atoms. The Morgan fingerprint density at radius 3 is 2.21 bits per heavy atom. The van der Waals surface area contributed by atoms with Gasteiger partial charge >= 0.3 is 0 Å². The van der Waals surface area contributed by atoms with Crippen molar-refractivity contribution in [3.05, 3.63) is 93.7 Å². The van der Waals surface area contributed by atoms with E-state index in [1.807, 2.05) is 45.2 Å². The molecule has 2 aromatic carbocycles. The highest BCUT2D eigenvalue weighted by Crippen LogP contribution is 2.27. The summed E-state index contributed by atoms with van der Waals surface area (Å²) in [7, 11) is 1.99. The highest BCUT2D eigenvalue weighted by atomic mass is 32.1. The zero-order chi connectivity index (χ0) is 23.4. The predicted molar refractivity (Wildman–Crippen MR) is 134 cm³/mol. The lowest BCUT2D eigenvalue weighted by Gasteiger charge is -2.18. The molecule has 0 aliphatic heterocycles. The monoisotopic (exact) mass is 457 g/mol. The molecule has 1 amide bonds. The van der Waals surface area contributed by atoms with Gasteiger partial charge in [0.25, 0.3) is 5.91 Å². The van der Waals surface area contributed by atoms with Crippen molar-refractivity contribution in [1.82, 2.24) is 20.3 Å². The predicted octanol–water partition coefficient (Wildman–Crippen LogP) is 5.09. The molecule has 168 valence electrons. The number of rotatable bonds is 7. The summed E-state index contributed by atoms with van der Waals surface area (Å²) in [4.78, 5) is 29.1. The van der Waals surface area contributed by atoms with Crippen LogP contribution in [0.1, 0.15) is 37.6 Å². The Hall–Kier alpha value is -3.58. The van der Waals surface area contributed by atoms with Gasteiger partial charge in [0.15, 0.2) is 0 Å². The third-order valence-corrected chi connectivity index (χ3v) is 6.53. The fraction of sp³-hybridized carbons (Fsp3) is 0.231. The summed E-state index contributed by atoms with van der Waals surface area (Å²) in [5, 5.41) is 3.67. The Morgan fingerprint density at radius 1 is 0.909 bits per heavy atom. The summed E-state index contributed by atoms with van der Waals surface area (Å²) in [6.07, 6.45) is 3.43. The Morgan fingerprint density at radius 2 is 1.55 bits per heavy atom. The first-order chi connectivity index (χ1) is 15.9. The van der Waals surface area contributed by atoms with Crippen LogP contribution in [0, 0.1) is 20.8 Å². The molecule has 2 aromatic heterocycles. The lowest BCUT2D eigenvalue weighted by molar-refractivity contribution is 0.0954. The van der Waals surface area contributed by atoms with Crippen LogP contribution in [0.2, 0.25) is 0 Å². The van der Waals surface area contributed by atoms with Crippen molar-refractivity contribution in [2.75, 3.05) is 11.9 Å². The highest BCUT2D eigenvalue weighted by Gasteiger charge is 2.18. The molecule has 0 spiro atoms. The molecule has 0 radical (unpaired) electrons. The molecular weight excluding hydrogens is 430 g/mol. The quantitative estimate of drug-likeness (QED) is 0.418. The van der Waals surface area contributed by atoms with E-state index in [9.17, 15) is 4.79 Å². The van der Waals surface area contributed by atoms with Gasteiger partial charge in [-0.15, -0.1) is 11.3 Å². The largest absolute Gasteiger partial charge is 0.354 e. The van der Waals surface area contributed by atoms with Crippen LogP contribution in [0.25, 0.3) is 10.7 Å². The van der Waals surface area contributed by atoms with Crippen molar-refractivity contribution in [3.8, 4) is 10.7 Å². The third kappa shape index (κ3) is 5.62. The van der Waals surface area contributed by atoms with Crippen LogP contribution in [0.5, 0.6) is 0 Å². The zero-order valence-electron chi connectivity index (χ0n) is 19.3. The molecule has 4 rings (SSSR count). The number of benzene rings is 2. The Kier molecular flexibility index (Phi) is 6.79. The van der Waals surface area contributed by atoms with E-state index in [-0.39, 0.29) is 5.91 Å². The minimum atomic E-state index is -0.127. The smallest absolute Gasteiger partial charge is 0.263 e. The van der Waals surface area contributed by atoms with Crippen LogP contribution in [0.4, 0.5) is 5.82 Å². The van der Waals surface area contributed by atoms with Crippen molar-refractivity contribution in [3.63, 3.8) is 0 Å². The normalized spacial score (nSPS) is 10.8. The number of carbonyl (C=O) groups is 1. The van der Waals surface area contributed by atoms with Gasteiger partial charge in [0.2, 0.25) is 0 Å². The average Bonchev–Trinajstić information content (AvgIpc) is 3.22. The molecule has 0 atom stereocenters. The topological polar surface area (TPSA) is 71.0 Å². The Balaban J connectivity index is 1.47. The van der Waals surface area contributed by atoms with Gasteiger partial charge in [0, 0.05) is 20.1 Å². The molecule has 2 heterocycles. The number of aromatic nitrogens is 3. The first-order valence-corrected chi connectivity index (χ1v) is 11.6. The highest BCUT2D eigenvalue weighted by molar-refractivity contribution is 7.17. The number of hydrogen-bond acceptors (Lipinski definition) is 6. The Labute approximate surface area is 198 Å². The molecule has 0 saturated heterocycles. The van der Waals surface area contributed by atoms with Gasteiger partial charge in [-0.05, 0) is 31.9 Å². The number of nitrogens with one attached hydrogen (secondary N) is 1. The summed E-state index contributed by atoms with van der Waals surface area (Å²) >= 11 is 1.34. The summed E-state index contributed by atoms with van der Waals surface area (Å²) in [5.74, 6) is 0.628. The molecule has 0 bridgehead atoms. The minimum Gasteiger partial charge on any atom is -0.354 e. The summed E-state index contributed by atoms with van der Waals surface area (Å²) in [5.41, 5.74) is 6.05. The van der Waals surface area contributed by atoms with Crippen molar-refractivity contribution < 1.29 is 4.79 Å². The molecule has 0 aliphatic carbocycles. The minimum absolute atomic E-state index is 0.127. The number of aryl methyl sites for hydroxylation is 3. The van der Waals surface area contributed by atoms with Gasteiger partial charge in [-0.3, -0.25) is 9.78 Å². The lowest BCUT2D eigenvalue weighted by Crippen LogP contribution is -2.22. The lowest BCUT2D eigenvalue weighted by atomic mass is 10.1. The van der Waals surface area contributed by atoms with Crippen molar-refractivity contribution in [1.29, 1.82) is 0 Å². The van der Waals surface area contributed by atoms with Crippen LogP contribution < -0.4 is 10.2 Å². The molecular formula is C26H27N5OS. The zero-order valence-corrected chi connectivity index (χ0v) is 20.1. The Bertz CT molecular complexity index is 1250. The molecule has 4 aromatic rings. The summed E-state index contributed by atoms with van der Waals surface area (Å²) in [6, 6.07) is 16.6. The van der Waals surface area contributed by atoms with E-state index in [2.05, 4.69) is 51.4 Å². The van der Waals surface area contributed by atoms with E-state index >= 15 is 0 Å². The number of nitrogens with zero attached hydrogens (tertiary/aromatic N) is 4. The second kappa shape index (κ2) is 9.92. The number of thiazole rings is 1. The van der Waals surface area contributed by atoms with Gasteiger partial charge in [-0.25, -0.2) is 9.97 Å². The summed E-state index contributed by atoms with van der Waals surface area (Å²) < 4.78 is 0. The van der Waals surface area contributed by atoms with E-state index in [1.54, 1.807) is 12.4 Å². The van der Waals surface area contributed by atoms with E-state index in [1.165, 1.54) is 28.0 Å². The molecule has 0 fully saturated rings. The fourth-order valence-electron chi connectivity index (χ4n) is 3.38. The molecule has 6 nitrogen and oxygen atoms in total. The fourth-order valence-corrected chi connectivity index (χ4v) is 4.31. The molecule has 7 heteroatoms. The van der Waals surface area contributed by atoms with E-state index in [4.69, 9.17) is 4.98 Å². The maximum Gasteiger partial charge on any atom is 0.263 e. The van der Waals surface area contributed by atoms with Crippen molar-refractivity contribution in [2.24, 2.45) is 0 Å². The van der Waals surface area contributed by atoms with Gasteiger partial charge in [-0.2, -0.15) is 0 Å². The van der Waals surface area contributed by atoms with Gasteiger partial charge in [-0.1, -0.05) is 59.7 Å². The number of hydrogen-bond donors (Lipinski definition) is 1. The average molecular weight is 458 g/mol. The maximum absolute atomic E-state index is 12.8. The van der Waals surface area contributed by atoms with Crippen LogP contribution in [0.3, 0.4) is 0 Å². The summed E-state index contributed by atoms with van der Waals surface area (Å²) in [6.45, 7) is 7.17.